The molecule has 2 rings (SSSR count). The van der Waals surface area contributed by atoms with Gasteiger partial charge in [0.05, 0.1) is 0 Å². The fraction of sp³-hybridized carbons (Fsp3) is 0.667. The van der Waals surface area contributed by atoms with Crippen LogP contribution in [0.4, 0.5) is 0 Å². The molecule has 0 saturated heterocycles. The Hall–Kier alpha value is -1.06. The molecule has 0 heterocycles. The summed E-state index contributed by atoms with van der Waals surface area (Å²) in [6, 6.07) is 0. The van der Waals surface area contributed by atoms with Crippen LogP contribution in [0.5, 0.6) is 0 Å². The summed E-state index contributed by atoms with van der Waals surface area (Å²) in [5, 5.41) is 5.42. The monoisotopic (exact) mass is 450 g/mol. The molecule has 172 valence electrons. The molecule has 0 radical (unpaired) electrons. The quantitative estimate of drug-likeness (QED) is 0.161. The van der Waals surface area contributed by atoms with E-state index in [4.69, 9.17) is 0 Å². The summed E-state index contributed by atoms with van der Waals surface area (Å²) in [5.41, 5.74) is 0. The number of carbonyl (C=O) groups is 2. The van der Waals surface area contributed by atoms with E-state index < -0.39 is 0 Å². The van der Waals surface area contributed by atoms with Gasteiger partial charge in [-0.3, -0.25) is 9.59 Å². The van der Waals surface area contributed by atoms with Gasteiger partial charge in [-0.25, -0.2) is 0 Å². The second kappa shape index (κ2) is 26.9. The van der Waals surface area contributed by atoms with Crippen LogP contribution in [0.25, 0.3) is 0 Å². The van der Waals surface area contributed by atoms with Gasteiger partial charge in [0.25, 0.3) is 0 Å². The third kappa shape index (κ3) is 23.1. The maximum Gasteiger partial charge on any atom is 2.00 e. The summed E-state index contributed by atoms with van der Waals surface area (Å²) in [7, 11) is 0. The number of carbonyl (C=O) groups excluding carboxylic acids is 2. The van der Waals surface area contributed by atoms with Gasteiger partial charge in [0.1, 0.15) is 0 Å². The number of hydrogen-bond donors (Lipinski definition) is 2. The second-order valence-electron chi connectivity index (χ2n) is 6.97. The van der Waals surface area contributed by atoms with Crippen molar-refractivity contribution >= 4 is 11.8 Å². The van der Waals surface area contributed by atoms with Crippen LogP contribution in [-0.4, -0.2) is 24.9 Å². The smallest absolute Gasteiger partial charge is 0.358 e. The maximum absolute atomic E-state index is 11.5. The Morgan fingerprint density at radius 3 is 1.76 bits per heavy atom. The maximum atomic E-state index is 11.5. The van der Waals surface area contributed by atoms with Gasteiger partial charge in [-0.2, -0.15) is 0 Å². The largest absolute Gasteiger partial charge is 2.00 e. The van der Waals surface area contributed by atoms with Crippen molar-refractivity contribution in [1.29, 1.82) is 0 Å². The molecule has 0 spiro atoms. The normalized spacial score (nSPS) is 14.1. The predicted octanol–water partition coefficient (Wildman–Crippen LogP) is 5.81. The molecule has 2 saturated carbocycles. The van der Waals surface area contributed by atoms with Gasteiger partial charge in [0, 0.05) is 19.0 Å². The summed E-state index contributed by atoms with van der Waals surface area (Å²) < 4.78 is 0. The van der Waals surface area contributed by atoms with Crippen LogP contribution in [-0.2, 0) is 26.7 Å². The molecule has 2 fully saturated rings. The van der Waals surface area contributed by atoms with Crippen LogP contribution in [0.3, 0.4) is 0 Å². The number of hydrogen-bond acceptors (Lipinski definition) is 2. The first-order valence-electron chi connectivity index (χ1n) is 10.4. The fourth-order valence-electron chi connectivity index (χ4n) is 3.01. The third-order valence-electron chi connectivity index (χ3n) is 4.65. The summed E-state index contributed by atoms with van der Waals surface area (Å²) in [4.78, 5) is 22.3. The summed E-state index contributed by atoms with van der Waals surface area (Å²) in [6.45, 7) is 10.1. The second-order valence-corrected chi connectivity index (χ2v) is 6.97. The topological polar surface area (TPSA) is 58.2 Å². The Morgan fingerprint density at radius 2 is 1.38 bits per heavy atom. The average Bonchev–Trinajstić information content (AvgIpc) is 3.39. The minimum Gasteiger partial charge on any atom is -0.358 e. The van der Waals surface area contributed by atoms with Gasteiger partial charge < -0.3 is 25.5 Å². The molecule has 0 aliphatic heterocycles. The zero-order valence-corrected chi connectivity index (χ0v) is 20.3. The molecule has 0 atom stereocenters. The molecule has 2 amide bonds. The van der Waals surface area contributed by atoms with Crippen LogP contribution in [0.1, 0.15) is 84.0 Å². The molecule has 0 aromatic heterocycles. The number of allylic oxidation sites excluding steroid dienone is 1. The van der Waals surface area contributed by atoms with E-state index in [2.05, 4.69) is 30.7 Å². The van der Waals surface area contributed by atoms with E-state index in [9.17, 15) is 9.59 Å². The molecule has 4 nitrogen and oxygen atoms in total. The number of rotatable bonds is 8. The van der Waals surface area contributed by atoms with Gasteiger partial charge in [0.2, 0.25) is 11.8 Å². The minimum atomic E-state index is -0.204. The summed E-state index contributed by atoms with van der Waals surface area (Å²) in [6.07, 6.45) is 18.8. The van der Waals surface area contributed by atoms with Gasteiger partial charge in [0.15, 0.2) is 0 Å². The fourth-order valence-corrected chi connectivity index (χ4v) is 3.01. The van der Waals surface area contributed by atoms with Crippen molar-refractivity contribution in [2.24, 2.45) is 5.92 Å². The zero-order valence-electron chi connectivity index (χ0n) is 19.2. The first kappa shape index (κ1) is 35.4. The van der Waals surface area contributed by atoms with Crippen LogP contribution >= 0.6 is 0 Å². The molecule has 0 aromatic carbocycles. The molecule has 0 bridgehead atoms. The number of amides is 2. The SMILES string of the molecule is C1CCCC1.C=CC(=O)NCCNC(=O)C1CCCC1.C=CCCCC.[CH3-].[CH3-].[Fe+2]. The van der Waals surface area contributed by atoms with E-state index in [1.165, 1.54) is 57.4 Å². The Balaban J connectivity index is -0.000000187. The number of nitrogens with one attached hydrogen (secondary N) is 2. The van der Waals surface area contributed by atoms with Gasteiger partial charge in [-0.15, -0.1) is 6.58 Å². The van der Waals surface area contributed by atoms with Crippen LogP contribution < -0.4 is 10.6 Å². The molecular weight excluding hydrogens is 404 g/mol. The molecule has 2 N–H and O–H groups in total. The van der Waals surface area contributed by atoms with Crippen LogP contribution in [0.2, 0.25) is 0 Å². The first-order valence-corrected chi connectivity index (χ1v) is 10.4. The van der Waals surface area contributed by atoms with E-state index in [-0.39, 0.29) is 49.7 Å². The third-order valence-corrected chi connectivity index (χ3v) is 4.65. The van der Waals surface area contributed by atoms with Crippen LogP contribution in [0.15, 0.2) is 25.3 Å². The molecule has 29 heavy (non-hydrogen) atoms. The van der Waals surface area contributed by atoms with Crippen molar-refractivity contribution < 1.29 is 26.7 Å². The van der Waals surface area contributed by atoms with Gasteiger partial charge >= 0.3 is 17.1 Å². The number of unbranched alkanes of at least 4 members (excludes halogenated alkanes) is 2. The molecule has 5 heteroatoms. The molecular formula is C24H46FeN2O2. The predicted molar refractivity (Wildman–Crippen MR) is 124 cm³/mol. The Morgan fingerprint density at radius 1 is 0.897 bits per heavy atom. The molecule has 0 aromatic rings. The molecule has 0 unspecified atom stereocenters. The Bertz CT molecular complexity index is 383. The summed E-state index contributed by atoms with van der Waals surface area (Å²) >= 11 is 0. The van der Waals surface area contributed by atoms with E-state index in [1.807, 2.05) is 6.08 Å². The van der Waals surface area contributed by atoms with Crippen molar-refractivity contribution in [1.82, 2.24) is 10.6 Å². The standard InChI is InChI=1S/C11H18N2O2.C6H12.C5H10.2CH3.Fe/c1-2-10(14)12-7-8-13-11(15)9-5-3-4-6-9;1-3-5-6-4-2;1-2-4-5-3-1;;;/h2,9H,1,3-8H2,(H,12,14)(H,13,15);3H,1,4-6H2,2H3;1-5H2;2*1H3;/q;;;2*-1;+2. The van der Waals surface area contributed by atoms with Gasteiger partial charge in [-0.05, 0) is 25.3 Å². The van der Waals surface area contributed by atoms with Crippen molar-refractivity contribution in [3.8, 4) is 0 Å². The zero-order chi connectivity index (χ0) is 19.5. The Kier molecular flexibility index (Phi) is 32.9. The Labute approximate surface area is 192 Å². The van der Waals surface area contributed by atoms with Crippen molar-refractivity contribution in [3.05, 3.63) is 40.2 Å². The first-order chi connectivity index (χ1) is 12.7. The summed E-state index contributed by atoms with van der Waals surface area (Å²) in [5.74, 6) is 0.116. The van der Waals surface area contributed by atoms with Gasteiger partial charge in [-0.1, -0.05) is 77.4 Å². The van der Waals surface area contributed by atoms with E-state index in [0.29, 0.717) is 13.1 Å². The average molecular weight is 450 g/mol. The van der Waals surface area contributed by atoms with E-state index in [1.54, 1.807) is 0 Å². The van der Waals surface area contributed by atoms with Crippen LogP contribution in [0, 0.1) is 20.8 Å². The van der Waals surface area contributed by atoms with Crippen molar-refractivity contribution in [3.63, 3.8) is 0 Å². The molecule has 2 aliphatic rings. The minimum absolute atomic E-state index is 0. The molecule has 2 aliphatic carbocycles. The van der Waals surface area contributed by atoms with Crippen molar-refractivity contribution in [2.45, 2.75) is 84.0 Å². The van der Waals surface area contributed by atoms with E-state index >= 15 is 0 Å². The van der Waals surface area contributed by atoms with E-state index in [0.717, 1.165) is 25.7 Å². The van der Waals surface area contributed by atoms with Crippen molar-refractivity contribution in [2.75, 3.05) is 13.1 Å².